The van der Waals surface area contributed by atoms with Gasteiger partial charge in [-0.15, -0.1) is 0 Å². The first-order valence-electron chi connectivity index (χ1n) is 7.27. The van der Waals surface area contributed by atoms with Crippen LogP contribution in [0.25, 0.3) is 0 Å². The van der Waals surface area contributed by atoms with Crippen LogP contribution in [0, 0.1) is 10.1 Å². The highest BCUT2D eigenvalue weighted by Gasteiger charge is 2.46. The van der Waals surface area contributed by atoms with Gasteiger partial charge in [0.2, 0.25) is 6.10 Å². The van der Waals surface area contributed by atoms with Crippen molar-refractivity contribution in [1.82, 2.24) is 0 Å². The molecule has 2 atom stereocenters. The number of nitro groups is 1. The van der Waals surface area contributed by atoms with Crippen LogP contribution in [0.3, 0.4) is 0 Å². The van der Waals surface area contributed by atoms with Crippen LogP contribution in [0.2, 0.25) is 0 Å². The summed E-state index contributed by atoms with van der Waals surface area (Å²) in [6, 6.07) is 12.1. The summed E-state index contributed by atoms with van der Waals surface area (Å²) in [4.78, 5) is 21.9. The predicted molar refractivity (Wildman–Crippen MR) is 83.2 cm³/mol. The SMILES string of the molecule is C[C@@H](c1ccccc1)[C@@H](OC(=O)c1ccc([N+](=O)[O-])cc1)C(F)(F)F. The van der Waals surface area contributed by atoms with Crippen LogP contribution in [0.15, 0.2) is 54.6 Å². The number of hydrogen-bond acceptors (Lipinski definition) is 4. The third-order valence-corrected chi connectivity index (χ3v) is 3.65. The Bertz CT molecular complexity index is 745. The zero-order valence-corrected chi connectivity index (χ0v) is 13.1. The van der Waals surface area contributed by atoms with Crippen LogP contribution in [-0.4, -0.2) is 23.2 Å². The van der Waals surface area contributed by atoms with Crippen LogP contribution >= 0.6 is 0 Å². The maximum Gasteiger partial charge on any atom is 0.426 e. The van der Waals surface area contributed by atoms with Crippen molar-refractivity contribution in [3.63, 3.8) is 0 Å². The van der Waals surface area contributed by atoms with Gasteiger partial charge in [-0.3, -0.25) is 10.1 Å². The molecule has 0 aliphatic heterocycles. The Labute approximate surface area is 141 Å². The number of carbonyl (C=O) groups excluding carboxylic acids is 1. The molecule has 0 aliphatic rings. The predicted octanol–water partition coefficient (Wildman–Crippen LogP) is 4.49. The van der Waals surface area contributed by atoms with Crippen LogP contribution < -0.4 is 0 Å². The first kappa shape index (κ1) is 18.4. The number of rotatable bonds is 5. The highest BCUT2D eigenvalue weighted by Crippen LogP contribution is 2.34. The minimum Gasteiger partial charge on any atom is -0.448 e. The molecule has 0 fully saturated rings. The molecule has 0 spiro atoms. The first-order chi connectivity index (χ1) is 11.7. The zero-order valence-electron chi connectivity index (χ0n) is 13.1. The van der Waals surface area contributed by atoms with Gasteiger partial charge in [-0.2, -0.15) is 13.2 Å². The van der Waals surface area contributed by atoms with Crippen molar-refractivity contribution in [3.8, 4) is 0 Å². The number of hydrogen-bond donors (Lipinski definition) is 0. The molecule has 2 rings (SSSR count). The molecule has 0 unspecified atom stereocenters. The van der Waals surface area contributed by atoms with Gasteiger partial charge in [-0.1, -0.05) is 37.3 Å². The van der Waals surface area contributed by atoms with Crippen LogP contribution in [0.5, 0.6) is 0 Å². The van der Waals surface area contributed by atoms with Crippen molar-refractivity contribution in [1.29, 1.82) is 0 Å². The van der Waals surface area contributed by atoms with E-state index in [1.54, 1.807) is 18.2 Å². The molecule has 25 heavy (non-hydrogen) atoms. The van der Waals surface area contributed by atoms with E-state index in [4.69, 9.17) is 0 Å². The van der Waals surface area contributed by atoms with E-state index in [1.165, 1.54) is 19.1 Å². The minimum absolute atomic E-state index is 0.194. The molecular weight excluding hydrogens is 339 g/mol. The van der Waals surface area contributed by atoms with E-state index in [0.29, 0.717) is 5.56 Å². The summed E-state index contributed by atoms with van der Waals surface area (Å²) in [7, 11) is 0. The van der Waals surface area contributed by atoms with E-state index in [9.17, 15) is 28.1 Å². The Morgan fingerprint density at radius 1 is 1.08 bits per heavy atom. The lowest BCUT2D eigenvalue weighted by Crippen LogP contribution is -2.38. The maximum atomic E-state index is 13.3. The largest absolute Gasteiger partial charge is 0.448 e. The van der Waals surface area contributed by atoms with E-state index in [0.717, 1.165) is 24.3 Å². The van der Waals surface area contributed by atoms with Crippen molar-refractivity contribution in [2.75, 3.05) is 0 Å². The van der Waals surface area contributed by atoms with Gasteiger partial charge in [-0.05, 0) is 17.7 Å². The summed E-state index contributed by atoms with van der Waals surface area (Å²) in [5.74, 6) is -2.30. The Morgan fingerprint density at radius 3 is 2.12 bits per heavy atom. The number of nitrogens with zero attached hydrogens (tertiary/aromatic N) is 1. The second-order valence-electron chi connectivity index (χ2n) is 5.37. The topological polar surface area (TPSA) is 69.4 Å². The fourth-order valence-corrected chi connectivity index (χ4v) is 2.29. The molecule has 0 aromatic heterocycles. The minimum atomic E-state index is -4.76. The monoisotopic (exact) mass is 353 g/mol. The van der Waals surface area contributed by atoms with Gasteiger partial charge in [0.1, 0.15) is 0 Å². The lowest BCUT2D eigenvalue weighted by atomic mass is 9.95. The maximum absolute atomic E-state index is 13.3. The summed E-state index contributed by atoms with van der Waals surface area (Å²) in [5.41, 5.74) is -0.0944. The normalized spacial score (nSPS) is 13.8. The molecule has 0 saturated heterocycles. The smallest absolute Gasteiger partial charge is 0.426 e. The molecule has 8 heteroatoms. The molecule has 0 N–H and O–H groups in total. The molecule has 0 saturated carbocycles. The Kier molecular flexibility index (Phi) is 5.41. The van der Waals surface area contributed by atoms with Gasteiger partial charge in [-0.25, -0.2) is 4.79 Å². The average Bonchev–Trinajstić information content (AvgIpc) is 2.58. The van der Waals surface area contributed by atoms with Crippen LogP contribution in [-0.2, 0) is 4.74 Å². The molecule has 2 aromatic rings. The quantitative estimate of drug-likeness (QED) is 0.451. The van der Waals surface area contributed by atoms with Gasteiger partial charge in [0.15, 0.2) is 0 Å². The van der Waals surface area contributed by atoms with Gasteiger partial charge >= 0.3 is 12.1 Å². The molecule has 0 amide bonds. The summed E-state index contributed by atoms with van der Waals surface area (Å²) in [6.45, 7) is 1.32. The summed E-state index contributed by atoms with van der Waals surface area (Å²) < 4.78 is 44.7. The van der Waals surface area contributed by atoms with Crippen molar-refractivity contribution >= 4 is 11.7 Å². The first-order valence-corrected chi connectivity index (χ1v) is 7.27. The van der Waals surface area contributed by atoms with E-state index >= 15 is 0 Å². The summed E-state index contributed by atoms with van der Waals surface area (Å²) >= 11 is 0. The fraction of sp³-hybridized carbons (Fsp3) is 0.235. The molecule has 2 aromatic carbocycles. The molecule has 5 nitrogen and oxygen atoms in total. The lowest BCUT2D eigenvalue weighted by molar-refractivity contribution is -0.384. The van der Waals surface area contributed by atoms with Gasteiger partial charge in [0, 0.05) is 18.1 Å². The number of halogens is 3. The number of nitro benzene ring substituents is 1. The number of esters is 1. The van der Waals surface area contributed by atoms with Gasteiger partial charge < -0.3 is 4.74 Å². The number of alkyl halides is 3. The van der Waals surface area contributed by atoms with E-state index < -0.39 is 29.1 Å². The number of non-ortho nitro benzene ring substituents is 1. The van der Waals surface area contributed by atoms with Gasteiger partial charge in [0.05, 0.1) is 10.5 Å². The van der Waals surface area contributed by atoms with Crippen molar-refractivity contribution in [2.24, 2.45) is 0 Å². The molecule has 132 valence electrons. The summed E-state index contributed by atoms with van der Waals surface area (Å²) in [5, 5.41) is 10.6. The second kappa shape index (κ2) is 7.33. The Balaban J connectivity index is 2.22. The van der Waals surface area contributed by atoms with E-state index in [1.807, 2.05) is 0 Å². The molecule has 0 bridgehead atoms. The van der Waals surface area contributed by atoms with Crippen LogP contribution in [0.4, 0.5) is 18.9 Å². The molecule has 0 radical (unpaired) electrons. The molecule has 0 heterocycles. The van der Waals surface area contributed by atoms with E-state index in [-0.39, 0.29) is 11.3 Å². The third kappa shape index (κ3) is 4.56. The van der Waals surface area contributed by atoms with Crippen molar-refractivity contribution in [3.05, 3.63) is 75.8 Å². The fourth-order valence-electron chi connectivity index (χ4n) is 2.29. The molecular formula is C17H14F3NO4. The Hall–Kier alpha value is -2.90. The number of ether oxygens (including phenoxy) is 1. The lowest BCUT2D eigenvalue weighted by Gasteiger charge is -2.26. The standard InChI is InChI=1S/C17H14F3NO4/c1-11(12-5-3-2-4-6-12)15(17(18,19)20)25-16(22)13-7-9-14(10-8-13)21(23)24/h2-11,15H,1H3/t11-,15+/m0/s1. The number of benzene rings is 2. The average molecular weight is 353 g/mol. The van der Waals surface area contributed by atoms with Crippen LogP contribution in [0.1, 0.15) is 28.8 Å². The second-order valence-corrected chi connectivity index (χ2v) is 5.37. The highest BCUT2D eigenvalue weighted by molar-refractivity contribution is 5.89. The summed E-state index contributed by atoms with van der Waals surface area (Å²) in [6.07, 6.45) is -7.09. The highest BCUT2D eigenvalue weighted by atomic mass is 19.4. The van der Waals surface area contributed by atoms with E-state index in [2.05, 4.69) is 4.74 Å². The third-order valence-electron chi connectivity index (χ3n) is 3.65. The molecule has 0 aliphatic carbocycles. The Morgan fingerprint density at radius 2 is 1.64 bits per heavy atom. The van der Waals surface area contributed by atoms with Crippen molar-refractivity contribution in [2.45, 2.75) is 25.1 Å². The van der Waals surface area contributed by atoms with Gasteiger partial charge in [0.25, 0.3) is 5.69 Å². The zero-order chi connectivity index (χ0) is 18.6. The van der Waals surface area contributed by atoms with Crippen molar-refractivity contribution < 1.29 is 27.6 Å². The number of carbonyl (C=O) groups is 1.